The molecule has 1 rings (SSSR count). The van der Waals surface area contributed by atoms with E-state index in [4.69, 9.17) is 9.15 Å². The molecule has 6 heteroatoms. The van der Waals surface area contributed by atoms with Gasteiger partial charge in [-0.1, -0.05) is 12.8 Å². The van der Waals surface area contributed by atoms with Crippen LogP contribution in [0, 0.1) is 0 Å². The van der Waals surface area contributed by atoms with Gasteiger partial charge in [0.05, 0.1) is 12.9 Å². The highest BCUT2D eigenvalue weighted by Gasteiger charge is 2.01. The van der Waals surface area contributed by atoms with E-state index in [1.165, 1.54) is 0 Å². The first-order chi connectivity index (χ1) is 11.3. The Morgan fingerprint density at radius 2 is 2.00 bits per heavy atom. The first-order valence-corrected chi connectivity index (χ1v) is 8.38. The number of furan rings is 1. The van der Waals surface area contributed by atoms with Crippen LogP contribution in [0.3, 0.4) is 0 Å². The van der Waals surface area contributed by atoms with E-state index in [-0.39, 0.29) is 5.97 Å². The third-order valence-corrected chi connectivity index (χ3v) is 3.37. The number of ether oxygens (including phenoxy) is 1. The Bertz CT molecular complexity index is 444. The molecule has 1 aromatic rings. The zero-order valence-electron chi connectivity index (χ0n) is 14.3. The number of carbonyl (C=O) groups excluding carboxylic acids is 1. The normalized spacial score (nSPS) is 11.3. The summed E-state index contributed by atoms with van der Waals surface area (Å²) in [6.45, 7) is 3.96. The minimum Gasteiger partial charge on any atom is -0.469 e. The summed E-state index contributed by atoms with van der Waals surface area (Å²) < 4.78 is 10.2. The Morgan fingerprint density at radius 3 is 2.70 bits per heavy atom. The quantitative estimate of drug-likeness (QED) is 0.283. The number of unbranched alkanes of at least 4 members (excludes halogenated alkanes) is 3. The summed E-state index contributed by atoms with van der Waals surface area (Å²) in [6, 6.07) is 3.86. The predicted octanol–water partition coefficient (Wildman–Crippen LogP) is 2.50. The van der Waals surface area contributed by atoms with Crippen LogP contribution in [0.15, 0.2) is 27.8 Å². The average Bonchev–Trinajstić information content (AvgIpc) is 3.05. The molecule has 1 aromatic heterocycles. The Kier molecular flexibility index (Phi) is 10.4. The molecule has 0 spiro atoms. The highest BCUT2D eigenvalue weighted by Crippen LogP contribution is 2.03. The lowest BCUT2D eigenvalue weighted by molar-refractivity contribution is -0.143. The molecule has 0 aliphatic carbocycles. The number of rotatable bonds is 11. The zero-order valence-corrected chi connectivity index (χ0v) is 14.3. The first kappa shape index (κ1) is 19.1. The second-order valence-electron chi connectivity index (χ2n) is 5.22. The molecule has 0 aromatic carbocycles. The van der Waals surface area contributed by atoms with Gasteiger partial charge in [-0.2, -0.15) is 0 Å². The number of nitrogens with zero attached hydrogens (tertiary/aromatic N) is 1. The molecule has 0 unspecified atom stereocenters. The van der Waals surface area contributed by atoms with Gasteiger partial charge in [-0.3, -0.25) is 9.79 Å². The molecule has 0 amide bonds. The lowest BCUT2D eigenvalue weighted by Gasteiger charge is -2.11. The fraction of sp³-hybridized carbons (Fsp3) is 0.647. The van der Waals surface area contributed by atoms with Gasteiger partial charge in [-0.05, 0) is 31.9 Å². The maximum Gasteiger partial charge on any atom is 0.305 e. The SMILES string of the molecule is CCOC(=O)CCCCCCNC(=NC)NCCc1ccco1. The van der Waals surface area contributed by atoms with Crippen LogP contribution in [0.2, 0.25) is 0 Å². The molecule has 0 aliphatic rings. The number of aliphatic imine (C=N–C) groups is 1. The van der Waals surface area contributed by atoms with Gasteiger partial charge in [-0.15, -0.1) is 0 Å². The molecule has 130 valence electrons. The number of esters is 1. The molecule has 1 heterocycles. The second kappa shape index (κ2) is 12.6. The predicted molar refractivity (Wildman–Crippen MR) is 91.5 cm³/mol. The number of guanidine groups is 1. The van der Waals surface area contributed by atoms with Crippen molar-refractivity contribution in [2.24, 2.45) is 4.99 Å². The summed E-state index contributed by atoms with van der Waals surface area (Å²) in [4.78, 5) is 15.4. The van der Waals surface area contributed by atoms with Gasteiger partial charge in [0.2, 0.25) is 0 Å². The monoisotopic (exact) mass is 323 g/mol. The standard InChI is InChI=1S/C17H29N3O3/c1-3-22-16(21)10-6-4-5-7-12-19-17(18-2)20-13-11-15-9-8-14-23-15/h8-9,14H,3-7,10-13H2,1-2H3,(H2,18,19,20). The van der Waals surface area contributed by atoms with Crippen LogP contribution in [-0.4, -0.2) is 38.7 Å². The molecule has 0 fully saturated rings. The summed E-state index contributed by atoms with van der Waals surface area (Å²) >= 11 is 0. The van der Waals surface area contributed by atoms with E-state index in [0.29, 0.717) is 13.0 Å². The van der Waals surface area contributed by atoms with Crippen LogP contribution < -0.4 is 10.6 Å². The fourth-order valence-corrected chi connectivity index (χ4v) is 2.17. The van der Waals surface area contributed by atoms with E-state index in [2.05, 4.69) is 15.6 Å². The van der Waals surface area contributed by atoms with E-state index >= 15 is 0 Å². The van der Waals surface area contributed by atoms with Gasteiger partial charge in [0.1, 0.15) is 5.76 Å². The zero-order chi connectivity index (χ0) is 16.8. The van der Waals surface area contributed by atoms with Gasteiger partial charge >= 0.3 is 5.97 Å². The largest absolute Gasteiger partial charge is 0.469 e. The molecule has 0 atom stereocenters. The Morgan fingerprint density at radius 1 is 1.22 bits per heavy atom. The molecule has 0 aliphatic heterocycles. The van der Waals surface area contributed by atoms with Crippen LogP contribution in [0.25, 0.3) is 0 Å². The van der Waals surface area contributed by atoms with Crippen molar-refractivity contribution < 1.29 is 13.9 Å². The molecule has 0 bridgehead atoms. The molecule has 0 saturated heterocycles. The van der Waals surface area contributed by atoms with Crippen LogP contribution in [0.1, 0.15) is 44.8 Å². The smallest absolute Gasteiger partial charge is 0.305 e. The minimum atomic E-state index is -0.0909. The van der Waals surface area contributed by atoms with E-state index in [9.17, 15) is 4.79 Å². The van der Waals surface area contributed by atoms with E-state index in [1.54, 1.807) is 13.3 Å². The summed E-state index contributed by atoms with van der Waals surface area (Å²) in [5.74, 6) is 1.68. The molecule has 0 radical (unpaired) electrons. The molecule has 6 nitrogen and oxygen atoms in total. The van der Waals surface area contributed by atoms with Crippen molar-refractivity contribution in [3.8, 4) is 0 Å². The highest BCUT2D eigenvalue weighted by molar-refractivity contribution is 5.79. The summed E-state index contributed by atoms with van der Waals surface area (Å²) in [7, 11) is 1.77. The van der Waals surface area contributed by atoms with Crippen LogP contribution in [0.4, 0.5) is 0 Å². The van der Waals surface area contributed by atoms with Crippen molar-refractivity contribution in [3.63, 3.8) is 0 Å². The Balaban J connectivity index is 1.97. The highest BCUT2D eigenvalue weighted by atomic mass is 16.5. The molecule has 0 saturated carbocycles. The van der Waals surface area contributed by atoms with E-state index in [0.717, 1.165) is 56.9 Å². The lowest BCUT2D eigenvalue weighted by Crippen LogP contribution is -2.38. The average molecular weight is 323 g/mol. The van der Waals surface area contributed by atoms with Crippen LogP contribution in [-0.2, 0) is 16.0 Å². The Hall–Kier alpha value is -1.98. The number of hydrogen-bond donors (Lipinski definition) is 2. The van der Waals surface area contributed by atoms with Gasteiger partial charge in [-0.25, -0.2) is 0 Å². The van der Waals surface area contributed by atoms with Crippen molar-refractivity contribution in [3.05, 3.63) is 24.2 Å². The van der Waals surface area contributed by atoms with Crippen LogP contribution in [0.5, 0.6) is 0 Å². The lowest BCUT2D eigenvalue weighted by atomic mass is 10.1. The third-order valence-electron chi connectivity index (χ3n) is 3.37. The van der Waals surface area contributed by atoms with Crippen molar-refractivity contribution in [1.82, 2.24) is 10.6 Å². The molecule has 2 N–H and O–H groups in total. The maximum atomic E-state index is 11.2. The van der Waals surface area contributed by atoms with Crippen molar-refractivity contribution >= 4 is 11.9 Å². The number of hydrogen-bond acceptors (Lipinski definition) is 4. The first-order valence-electron chi connectivity index (χ1n) is 8.38. The third kappa shape index (κ3) is 9.60. The number of carbonyl (C=O) groups is 1. The molecular weight excluding hydrogens is 294 g/mol. The Labute approximate surface area is 138 Å². The molecular formula is C17H29N3O3. The maximum absolute atomic E-state index is 11.2. The second-order valence-corrected chi connectivity index (χ2v) is 5.22. The summed E-state index contributed by atoms with van der Waals surface area (Å²) in [5, 5.41) is 6.54. The summed E-state index contributed by atoms with van der Waals surface area (Å²) in [6.07, 6.45) is 7.14. The van der Waals surface area contributed by atoms with Gasteiger partial charge in [0, 0.05) is 33.0 Å². The van der Waals surface area contributed by atoms with Crippen molar-refractivity contribution in [2.75, 3.05) is 26.7 Å². The topological polar surface area (TPSA) is 75.9 Å². The van der Waals surface area contributed by atoms with Gasteiger partial charge in [0.25, 0.3) is 0 Å². The summed E-state index contributed by atoms with van der Waals surface area (Å²) in [5.41, 5.74) is 0. The van der Waals surface area contributed by atoms with E-state index < -0.39 is 0 Å². The van der Waals surface area contributed by atoms with Crippen LogP contribution >= 0.6 is 0 Å². The minimum absolute atomic E-state index is 0.0909. The van der Waals surface area contributed by atoms with Gasteiger partial charge < -0.3 is 19.8 Å². The fourth-order valence-electron chi connectivity index (χ4n) is 2.17. The van der Waals surface area contributed by atoms with Crippen molar-refractivity contribution in [2.45, 2.75) is 45.4 Å². The van der Waals surface area contributed by atoms with E-state index in [1.807, 2.05) is 19.1 Å². The van der Waals surface area contributed by atoms with Gasteiger partial charge in [0.15, 0.2) is 5.96 Å². The molecule has 23 heavy (non-hydrogen) atoms. The number of nitrogens with one attached hydrogen (secondary N) is 2. The van der Waals surface area contributed by atoms with Crippen molar-refractivity contribution in [1.29, 1.82) is 0 Å².